The summed E-state index contributed by atoms with van der Waals surface area (Å²) in [6.07, 6.45) is 1.74. The highest BCUT2D eigenvalue weighted by molar-refractivity contribution is 5.94. The lowest BCUT2D eigenvalue weighted by molar-refractivity contribution is -0.123. The monoisotopic (exact) mass is 290 g/mol. The van der Waals surface area contributed by atoms with Crippen molar-refractivity contribution in [1.29, 1.82) is 0 Å². The van der Waals surface area contributed by atoms with E-state index in [0.29, 0.717) is 0 Å². The highest BCUT2D eigenvalue weighted by Gasteiger charge is 2.21. The lowest BCUT2D eigenvalue weighted by Gasteiger charge is -2.34. The first kappa shape index (κ1) is 15.8. The van der Waals surface area contributed by atoms with Crippen LogP contribution in [0.3, 0.4) is 0 Å². The fourth-order valence-corrected chi connectivity index (χ4v) is 2.26. The first-order valence-electron chi connectivity index (χ1n) is 7.65. The summed E-state index contributed by atoms with van der Waals surface area (Å²) >= 11 is 0. The Bertz CT molecular complexity index is 470. The maximum atomic E-state index is 11.9. The number of likely N-dealkylation sites (N-methyl/N-ethyl adjacent to an activating group) is 1. The van der Waals surface area contributed by atoms with E-state index in [2.05, 4.69) is 27.0 Å². The van der Waals surface area contributed by atoms with Gasteiger partial charge in [-0.3, -0.25) is 4.79 Å². The molecule has 1 aromatic heterocycles. The van der Waals surface area contributed by atoms with Crippen LogP contribution in [0.1, 0.15) is 27.7 Å². The first-order valence-corrected chi connectivity index (χ1v) is 7.65. The van der Waals surface area contributed by atoms with Crippen molar-refractivity contribution < 1.29 is 4.79 Å². The summed E-state index contributed by atoms with van der Waals surface area (Å²) in [5, 5.41) is 2.90. The van der Waals surface area contributed by atoms with Crippen molar-refractivity contribution in [3.8, 4) is 0 Å². The van der Waals surface area contributed by atoms with E-state index in [1.807, 2.05) is 32.9 Å². The molecular weight excluding hydrogens is 264 g/mol. The average Bonchev–Trinajstić information content (AvgIpc) is 2.47. The second-order valence-electron chi connectivity index (χ2n) is 6.53. The fourth-order valence-electron chi connectivity index (χ4n) is 2.26. The smallest absolute Gasteiger partial charge is 0.229 e. The Hall–Kier alpha value is -1.62. The van der Waals surface area contributed by atoms with Gasteiger partial charge in [-0.05, 0) is 18.7 Å². The quantitative estimate of drug-likeness (QED) is 0.927. The molecule has 21 heavy (non-hydrogen) atoms. The number of hydrogen-bond acceptors (Lipinski definition) is 4. The van der Waals surface area contributed by atoms with Crippen LogP contribution < -0.4 is 10.2 Å². The molecule has 0 saturated carbocycles. The molecule has 0 atom stereocenters. The number of anilines is 2. The third kappa shape index (κ3) is 4.17. The van der Waals surface area contributed by atoms with E-state index in [1.54, 1.807) is 6.20 Å². The van der Waals surface area contributed by atoms with Crippen molar-refractivity contribution in [2.75, 3.05) is 42.9 Å². The van der Waals surface area contributed by atoms with Crippen LogP contribution in [0.5, 0.6) is 0 Å². The highest BCUT2D eigenvalue weighted by atomic mass is 16.2. The molecule has 0 aromatic carbocycles. The van der Waals surface area contributed by atoms with Crippen molar-refractivity contribution in [1.82, 2.24) is 9.88 Å². The molecule has 1 amide bonds. The predicted molar refractivity (Wildman–Crippen MR) is 86.6 cm³/mol. The second kappa shape index (κ2) is 6.43. The van der Waals surface area contributed by atoms with Gasteiger partial charge in [0, 0.05) is 31.6 Å². The molecule has 1 aromatic rings. The van der Waals surface area contributed by atoms with Crippen LogP contribution >= 0.6 is 0 Å². The number of aromatic nitrogens is 1. The molecule has 0 spiro atoms. The Morgan fingerprint density at radius 3 is 2.38 bits per heavy atom. The van der Waals surface area contributed by atoms with E-state index >= 15 is 0 Å². The number of nitrogens with one attached hydrogen (secondary N) is 1. The number of pyridine rings is 1. The molecule has 0 unspecified atom stereocenters. The molecule has 1 N–H and O–H groups in total. The van der Waals surface area contributed by atoms with Gasteiger partial charge in [0.1, 0.15) is 5.82 Å². The van der Waals surface area contributed by atoms with Crippen LogP contribution in [0.2, 0.25) is 0 Å². The summed E-state index contributed by atoms with van der Waals surface area (Å²) in [5.41, 5.74) is 0.362. The van der Waals surface area contributed by atoms with Crippen LogP contribution in [0.25, 0.3) is 0 Å². The van der Waals surface area contributed by atoms with E-state index in [4.69, 9.17) is 0 Å². The van der Waals surface area contributed by atoms with Crippen molar-refractivity contribution in [2.45, 2.75) is 27.7 Å². The van der Waals surface area contributed by atoms with Gasteiger partial charge in [0.25, 0.3) is 0 Å². The summed E-state index contributed by atoms with van der Waals surface area (Å²) in [6, 6.07) is 3.91. The molecule has 0 bridgehead atoms. The molecule has 1 aliphatic heterocycles. The van der Waals surface area contributed by atoms with Crippen LogP contribution in [0.15, 0.2) is 18.3 Å². The van der Waals surface area contributed by atoms with E-state index in [-0.39, 0.29) is 5.91 Å². The minimum Gasteiger partial charge on any atom is -0.354 e. The SMILES string of the molecule is CCN1CCN(c2ccc(NC(=O)C(C)(C)C)cn2)CC1. The van der Waals surface area contributed by atoms with Gasteiger partial charge in [-0.15, -0.1) is 0 Å². The second-order valence-corrected chi connectivity index (χ2v) is 6.53. The van der Waals surface area contributed by atoms with Crippen molar-refractivity contribution in [3.05, 3.63) is 18.3 Å². The summed E-state index contributed by atoms with van der Waals surface area (Å²) in [4.78, 5) is 21.1. The molecule has 5 heteroatoms. The van der Waals surface area contributed by atoms with Gasteiger partial charge in [-0.25, -0.2) is 4.98 Å². The summed E-state index contributed by atoms with van der Waals surface area (Å²) in [6.45, 7) is 13.2. The largest absolute Gasteiger partial charge is 0.354 e. The lowest BCUT2D eigenvalue weighted by atomic mass is 9.96. The number of rotatable bonds is 3. The zero-order valence-corrected chi connectivity index (χ0v) is 13.5. The average molecular weight is 290 g/mol. The standard InChI is InChI=1S/C16H26N4O/c1-5-19-8-10-20(11-9-19)14-7-6-13(12-17-14)18-15(21)16(2,3)4/h6-7,12H,5,8-11H2,1-4H3,(H,18,21). The summed E-state index contributed by atoms with van der Waals surface area (Å²) < 4.78 is 0. The van der Waals surface area contributed by atoms with E-state index in [0.717, 1.165) is 44.2 Å². The van der Waals surface area contributed by atoms with E-state index in [1.165, 1.54) is 0 Å². The number of hydrogen-bond donors (Lipinski definition) is 1. The van der Waals surface area contributed by atoms with E-state index < -0.39 is 5.41 Å². The molecule has 1 saturated heterocycles. The number of piperazine rings is 1. The Morgan fingerprint density at radius 1 is 1.24 bits per heavy atom. The third-order valence-electron chi connectivity index (χ3n) is 3.83. The van der Waals surface area contributed by atoms with Crippen LogP contribution in [0, 0.1) is 5.41 Å². The molecule has 5 nitrogen and oxygen atoms in total. The van der Waals surface area contributed by atoms with Crippen molar-refractivity contribution in [2.24, 2.45) is 5.41 Å². The van der Waals surface area contributed by atoms with Crippen LogP contribution in [0.4, 0.5) is 11.5 Å². The number of nitrogens with zero attached hydrogens (tertiary/aromatic N) is 3. The van der Waals surface area contributed by atoms with Gasteiger partial charge in [0.05, 0.1) is 11.9 Å². The molecule has 1 fully saturated rings. The van der Waals surface area contributed by atoms with Gasteiger partial charge in [0.15, 0.2) is 0 Å². The third-order valence-corrected chi connectivity index (χ3v) is 3.83. The molecule has 2 rings (SSSR count). The maximum Gasteiger partial charge on any atom is 0.229 e. The Kier molecular flexibility index (Phi) is 4.83. The zero-order chi connectivity index (χ0) is 15.5. The molecular formula is C16H26N4O. The predicted octanol–water partition coefficient (Wildman–Crippen LogP) is 2.21. The summed E-state index contributed by atoms with van der Waals surface area (Å²) in [5.74, 6) is 0.994. The molecule has 0 radical (unpaired) electrons. The number of carbonyl (C=O) groups excluding carboxylic acids is 1. The van der Waals surface area contributed by atoms with Gasteiger partial charge in [0.2, 0.25) is 5.91 Å². The first-order chi connectivity index (χ1) is 9.90. The Labute approximate surface area is 127 Å². The van der Waals surface area contributed by atoms with Gasteiger partial charge < -0.3 is 15.1 Å². The van der Waals surface area contributed by atoms with Gasteiger partial charge in [-0.2, -0.15) is 0 Å². The maximum absolute atomic E-state index is 11.9. The molecule has 1 aliphatic rings. The number of carbonyl (C=O) groups is 1. The van der Waals surface area contributed by atoms with Gasteiger partial charge in [-0.1, -0.05) is 27.7 Å². The molecule has 2 heterocycles. The molecule has 116 valence electrons. The highest BCUT2D eigenvalue weighted by Crippen LogP contribution is 2.19. The number of amides is 1. The topological polar surface area (TPSA) is 48.5 Å². The van der Waals surface area contributed by atoms with Gasteiger partial charge >= 0.3 is 0 Å². The minimum absolute atomic E-state index is 0.00797. The minimum atomic E-state index is -0.394. The Balaban J connectivity index is 1.95. The van der Waals surface area contributed by atoms with Crippen LogP contribution in [-0.4, -0.2) is 48.5 Å². The van der Waals surface area contributed by atoms with E-state index in [9.17, 15) is 4.79 Å². The Morgan fingerprint density at radius 2 is 1.90 bits per heavy atom. The normalized spacial score (nSPS) is 16.9. The van der Waals surface area contributed by atoms with Crippen LogP contribution in [-0.2, 0) is 4.79 Å². The lowest BCUT2D eigenvalue weighted by Crippen LogP contribution is -2.46. The fraction of sp³-hybridized carbons (Fsp3) is 0.625. The zero-order valence-electron chi connectivity index (χ0n) is 13.5. The summed E-state index contributed by atoms with van der Waals surface area (Å²) in [7, 11) is 0. The van der Waals surface area contributed by atoms with Crippen molar-refractivity contribution >= 4 is 17.4 Å². The van der Waals surface area contributed by atoms with Crippen molar-refractivity contribution in [3.63, 3.8) is 0 Å². The molecule has 0 aliphatic carbocycles.